The smallest absolute Gasteiger partial charge is 0.251 e. The van der Waals surface area contributed by atoms with Crippen LogP contribution in [0.5, 0.6) is 0 Å². The summed E-state index contributed by atoms with van der Waals surface area (Å²) in [6, 6.07) is 3.26. The zero-order valence-electron chi connectivity index (χ0n) is 11.3. The molecule has 2 rings (SSSR count). The van der Waals surface area contributed by atoms with Gasteiger partial charge in [0.2, 0.25) is 5.91 Å². The third kappa shape index (κ3) is 4.61. The van der Waals surface area contributed by atoms with Crippen LogP contribution in [-0.4, -0.2) is 29.6 Å². The highest BCUT2D eigenvalue weighted by Gasteiger charge is 2.22. The SMILES string of the molecule is CC1CCNCC1NC(=O)Cn1cc(Br)ccc1=O.Cl. The number of rotatable bonds is 3. The van der Waals surface area contributed by atoms with Gasteiger partial charge in [-0.2, -0.15) is 0 Å². The molecule has 1 amide bonds. The highest BCUT2D eigenvalue weighted by atomic mass is 79.9. The maximum atomic E-state index is 12.0. The van der Waals surface area contributed by atoms with Crippen LogP contribution in [0.15, 0.2) is 27.6 Å². The molecule has 1 saturated heterocycles. The molecule has 7 heteroatoms. The first-order valence-electron chi connectivity index (χ1n) is 6.42. The second-order valence-corrected chi connectivity index (χ2v) is 5.87. The van der Waals surface area contributed by atoms with Gasteiger partial charge in [-0.15, -0.1) is 12.4 Å². The van der Waals surface area contributed by atoms with Crippen LogP contribution >= 0.6 is 28.3 Å². The number of piperidine rings is 1. The topological polar surface area (TPSA) is 63.1 Å². The number of nitrogens with zero attached hydrogens (tertiary/aromatic N) is 1. The first kappa shape index (κ1) is 17.2. The zero-order chi connectivity index (χ0) is 13.8. The van der Waals surface area contributed by atoms with Gasteiger partial charge in [0.15, 0.2) is 0 Å². The normalized spacial score (nSPS) is 21.9. The van der Waals surface area contributed by atoms with Gasteiger partial charge in [-0.1, -0.05) is 6.92 Å². The predicted octanol–water partition coefficient (Wildman–Crippen LogP) is 1.15. The Bertz CT molecular complexity index is 521. The molecule has 0 aromatic carbocycles. The van der Waals surface area contributed by atoms with Gasteiger partial charge in [0.25, 0.3) is 5.56 Å². The van der Waals surface area contributed by atoms with E-state index in [1.165, 1.54) is 10.6 Å². The van der Waals surface area contributed by atoms with Gasteiger partial charge in [0.1, 0.15) is 6.54 Å². The van der Waals surface area contributed by atoms with Crippen molar-refractivity contribution in [2.75, 3.05) is 13.1 Å². The highest BCUT2D eigenvalue weighted by Crippen LogP contribution is 2.11. The van der Waals surface area contributed by atoms with E-state index in [-0.39, 0.29) is 36.5 Å². The molecule has 1 fully saturated rings. The summed E-state index contributed by atoms with van der Waals surface area (Å²) in [6.45, 7) is 3.98. The number of nitrogens with one attached hydrogen (secondary N) is 2. The Balaban J connectivity index is 0.00000200. The van der Waals surface area contributed by atoms with E-state index in [2.05, 4.69) is 33.5 Å². The van der Waals surface area contributed by atoms with Gasteiger partial charge in [0, 0.05) is 29.3 Å². The molecule has 2 atom stereocenters. The Morgan fingerprint density at radius 1 is 1.55 bits per heavy atom. The third-order valence-electron chi connectivity index (χ3n) is 3.44. The van der Waals surface area contributed by atoms with E-state index in [9.17, 15) is 9.59 Å². The maximum absolute atomic E-state index is 12.0. The maximum Gasteiger partial charge on any atom is 0.251 e. The average Bonchev–Trinajstić information content (AvgIpc) is 2.37. The van der Waals surface area contributed by atoms with Gasteiger partial charge < -0.3 is 15.2 Å². The number of hydrogen-bond acceptors (Lipinski definition) is 3. The van der Waals surface area contributed by atoms with Crippen LogP contribution in [-0.2, 0) is 11.3 Å². The minimum atomic E-state index is -0.173. The molecule has 2 N–H and O–H groups in total. The molecule has 0 spiro atoms. The molecule has 0 aliphatic carbocycles. The summed E-state index contributed by atoms with van der Waals surface area (Å²) < 4.78 is 2.19. The average molecular weight is 365 g/mol. The first-order chi connectivity index (χ1) is 9.06. The summed E-state index contributed by atoms with van der Waals surface area (Å²) in [6.07, 6.45) is 2.69. The van der Waals surface area contributed by atoms with E-state index < -0.39 is 0 Å². The number of amides is 1. The van der Waals surface area contributed by atoms with E-state index in [1.54, 1.807) is 12.3 Å². The predicted molar refractivity (Wildman–Crippen MR) is 84.2 cm³/mol. The van der Waals surface area contributed by atoms with Crippen molar-refractivity contribution in [1.29, 1.82) is 0 Å². The third-order valence-corrected chi connectivity index (χ3v) is 3.90. The highest BCUT2D eigenvalue weighted by molar-refractivity contribution is 9.10. The van der Waals surface area contributed by atoms with Crippen LogP contribution in [0, 0.1) is 5.92 Å². The Labute approximate surface area is 132 Å². The summed E-state index contributed by atoms with van der Waals surface area (Å²) >= 11 is 3.29. The number of hydrogen-bond donors (Lipinski definition) is 2. The molecular formula is C13H19BrClN3O2. The van der Waals surface area contributed by atoms with Gasteiger partial charge in [0.05, 0.1) is 0 Å². The van der Waals surface area contributed by atoms with Crippen LogP contribution in [0.4, 0.5) is 0 Å². The second-order valence-electron chi connectivity index (χ2n) is 4.96. The van der Waals surface area contributed by atoms with E-state index in [0.29, 0.717) is 5.92 Å². The quantitative estimate of drug-likeness (QED) is 0.846. The molecule has 1 aromatic rings. The zero-order valence-corrected chi connectivity index (χ0v) is 13.7. The number of carbonyl (C=O) groups excluding carboxylic acids is 1. The molecule has 20 heavy (non-hydrogen) atoms. The van der Waals surface area contributed by atoms with Gasteiger partial charge >= 0.3 is 0 Å². The first-order valence-corrected chi connectivity index (χ1v) is 7.21. The second kappa shape index (κ2) is 7.81. The van der Waals surface area contributed by atoms with Crippen molar-refractivity contribution in [3.63, 3.8) is 0 Å². The summed E-state index contributed by atoms with van der Waals surface area (Å²) in [7, 11) is 0. The van der Waals surface area contributed by atoms with Crippen LogP contribution < -0.4 is 16.2 Å². The lowest BCUT2D eigenvalue weighted by atomic mass is 9.95. The van der Waals surface area contributed by atoms with Gasteiger partial charge in [-0.05, 0) is 40.9 Å². The lowest BCUT2D eigenvalue weighted by Crippen LogP contribution is -2.51. The van der Waals surface area contributed by atoms with E-state index in [1.807, 2.05) is 0 Å². The monoisotopic (exact) mass is 363 g/mol. The van der Waals surface area contributed by atoms with Crippen LogP contribution in [0.2, 0.25) is 0 Å². The molecule has 2 unspecified atom stereocenters. The molecule has 5 nitrogen and oxygen atoms in total. The van der Waals surface area contributed by atoms with Gasteiger partial charge in [-0.25, -0.2) is 0 Å². The lowest BCUT2D eigenvalue weighted by molar-refractivity contribution is -0.122. The number of halogens is 2. The summed E-state index contributed by atoms with van der Waals surface area (Å²) in [5.41, 5.74) is -0.173. The Morgan fingerprint density at radius 2 is 2.30 bits per heavy atom. The number of carbonyl (C=O) groups is 1. The van der Waals surface area contributed by atoms with E-state index >= 15 is 0 Å². The summed E-state index contributed by atoms with van der Waals surface area (Å²) in [5, 5.41) is 6.25. The van der Waals surface area contributed by atoms with Crippen molar-refractivity contribution < 1.29 is 4.79 Å². The molecular weight excluding hydrogens is 346 g/mol. The molecule has 1 aliphatic rings. The van der Waals surface area contributed by atoms with Crippen molar-refractivity contribution >= 4 is 34.2 Å². The molecule has 0 bridgehead atoms. The number of aromatic nitrogens is 1. The largest absolute Gasteiger partial charge is 0.350 e. The minimum absolute atomic E-state index is 0. The van der Waals surface area contributed by atoms with Crippen LogP contribution in [0.3, 0.4) is 0 Å². The molecule has 0 radical (unpaired) electrons. The summed E-state index contributed by atoms with van der Waals surface area (Å²) in [5.74, 6) is 0.338. The van der Waals surface area contributed by atoms with Crippen LogP contribution in [0.25, 0.3) is 0 Å². The molecule has 1 aromatic heterocycles. The number of pyridine rings is 1. The van der Waals surface area contributed by atoms with Gasteiger partial charge in [-0.3, -0.25) is 9.59 Å². The van der Waals surface area contributed by atoms with Crippen molar-refractivity contribution in [1.82, 2.24) is 15.2 Å². The van der Waals surface area contributed by atoms with Crippen molar-refractivity contribution in [2.24, 2.45) is 5.92 Å². The molecule has 2 heterocycles. The minimum Gasteiger partial charge on any atom is -0.350 e. The van der Waals surface area contributed by atoms with Crippen LogP contribution in [0.1, 0.15) is 13.3 Å². The Hall–Kier alpha value is -0.850. The van der Waals surface area contributed by atoms with Crippen molar-refractivity contribution in [2.45, 2.75) is 25.9 Å². The van der Waals surface area contributed by atoms with E-state index in [0.717, 1.165) is 24.0 Å². The lowest BCUT2D eigenvalue weighted by Gasteiger charge is -2.30. The Morgan fingerprint density at radius 3 is 3.00 bits per heavy atom. The van der Waals surface area contributed by atoms with E-state index in [4.69, 9.17) is 0 Å². The fourth-order valence-electron chi connectivity index (χ4n) is 2.22. The van der Waals surface area contributed by atoms with Crippen molar-refractivity contribution in [3.05, 3.63) is 33.2 Å². The fraction of sp³-hybridized carbons (Fsp3) is 0.538. The summed E-state index contributed by atoms with van der Waals surface area (Å²) in [4.78, 5) is 23.6. The molecule has 112 valence electrons. The standard InChI is InChI=1S/C13H18BrN3O2.ClH/c1-9-4-5-15-6-11(9)16-12(18)8-17-7-10(14)2-3-13(17)19;/h2-3,7,9,11,15H,4-6,8H2,1H3,(H,16,18);1H. The molecule has 0 saturated carbocycles. The Kier molecular flexibility index (Phi) is 6.71. The van der Waals surface area contributed by atoms with Crippen molar-refractivity contribution in [3.8, 4) is 0 Å². The fourth-order valence-corrected chi connectivity index (χ4v) is 2.60. The molecule has 1 aliphatic heterocycles.